The smallest absolute Gasteiger partial charge is 0.127 e. The molecule has 0 aromatic heterocycles. The van der Waals surface area contributed by atoms with Crippen LogP contribution in [0.2, 0.25) is 15.1 Å². The van der Waals surface area contributed by atoms with Gasteiger partial charge < -0.3 is 5.73 Å². The first kappa shape index (κ1) is 17.2. The van der Waals surface area contributed by atoms with Crippen molar-refractivity contribution in [3.05, 3.63) is 27.2 Å². The predicted molar refractivity (Wildman–Crippen MR) is 83.4 cm³/mol. The Balaban J connectivity index is 2.46. The number of hydrogen-bond donors (Lipinski definition) is 2. The molecule has 1 atom stereocenters. The van der Waals surface area contributed by atoms with Crippen LogP contribution in [0.4, 0.5) is 0 Å². The zero-order valence-corrected chi connectivity index (χ0v) is 13.5. The fourth-order valence-electron chi connectivity index (χ4n) is 1.57. The van der Waals surface area contributed by atoms with Gasteiger partial charge in [-0.3, -0.25) is 0 Å². The van der Waals surface area contributed by atoms with E-state index in [0.717, 1.165) is 32.2 Å². The summed E-state index contributed by atoms with van der Waals surface area (Å²) in [4.78, 5) is 0.384. The number of hydrogen-bond acceptors (Lipinski definition) is 2. The Morgan fingerprint density at radius 3 is 2.21 bits per heavy atom. The van der Waals surface area contributed by atoms with Gasteiger partial charge in [0, 0.05) is 11.6 Å². The topological polar surface area (TPSA) is 55.1 Å². The van der Waals surface area contributed by atoms with Crippen molar-refractivity contribution in [2.45, 2.75) is 30.6 Å². The van der Waals surface area contributed by atoms with Crippen LogP contribution in [0.3, 0.4) is 0 Å². The molecule has 0 fully saturated rings. The minimum absolute atomic E-state index is 0.312. The molecule has 1 aromatic rings. The minimum atomic E-state index is -1.42. The van der Waals surface area contributed by atoms with Crippen LogP contribution >= 0.6 is 34.8 Å². The minimum Gasteiger partial charge on any atom is -0.330 e. The molecule has 1 unspecified atom stereocenters. The normalized spacial score (nSPS) is 12.6. The highest BCUT2D eigenvalue weighted by atomic mass is 35.5. The Morgan fingerprint density at radius 2 is 1.63 bits per heavy atom. The maximum absolute atomic E-state index is 12.1. The van der Waals surface area contributed by atoms with E-state index in [1.165, 1.54) is 12.1 Å². The summed E-state index contributed by atoms with van der Waals surface area (Å²) >= 11 is 17.8. The molecule has 0 saturated heterocycles. The summed E-state index contributed by atoms with van der Waals surface area (Å²) in [6.07, 6.45) is 4.11. The van der Waals surface area contributed by atoms with Gasteiger partial charge in [0.15, 0.2) is 0 Å². The molecule has 3 nitrogen and oxygen atoms in total. The van der Waals surface area contributed by atoms with Gasteiger partial charge in [-0.15, -0.1) is 0 Å². The van der Waals surface area contributed by atoms with Crippen molar-refractivity contribution in [1.29, 1.82) is 0 Å². The molecule has 0 spiro atoms. The molecule has 0 amide bonds. The van der Waals surface area contributed by atoms with Crippen molar-refractivity contribution >= 4 is 45.8 Å². The Hall–Kier alpha value is 0.160. The highest BCUT2D eigenvalue weighted by molar-refractivity contribution is 7.83. The molecule has 0 heterocycles. The Bertz CT molecular complexity index is 420. The van der Waals surface area contributed by atoms with E-state index >= 15 is 0 Å². The molecule has 0 aliphatic heterocycles. The van der Waals surface area contributed by atoms with Crippen LogP contribution in [-0.2, 0) is 11.0 Å². The number of nitrogens with two attached hydrogens (primary N) is 1. The Labute approximate surface area is 131 Å². The van der Waals surface area contributed by atoms with Crippen LogP contribution in [0.5, 0.6) is 0 Å². The summed E-state index contributed by atoms with van der Waals surface area (Å²) in [7, 11) is -1.42. The number of benzene rings is 1. The summed E-state index contributed by atoms with van der Waals surface area (Å²) in [5.41, 5.74) is 5.41. The van der Waals surface area contributed by atoms with Gasteiger partial charge in [-0.2, -0.15) is 0 Å². The third kappa shape index (κ3) is 5.98. The molecule has 7 heteroatoms. The SMILES string of the molecule is NCCCCCCNS(=O)c1c(Cl)cc(Cl)cc1Cl. The molecule has 0 saturated carbocycles. The molecular weight excluding hydrogens is 327 g/mol. The van der Waals surface area contributed by atoms with Crippen LogP contribution < -0.4 is 10.5 Å². The van der Waals surface area contributed by atoms with Crippen LogP contribution in [0.15, 0.2) is 17.0 Å². The molecule has 108 valence electrons. The standard InChI is InChI=1S/C12H17Cl3N2OS/c13-9-7-10(14)12(11(15)8-9)19(18)17-6-4-2-1-3-5-16/h7-8,17H,1-6,16H2. The lowest BCUT2D eigenvalue weighted by Gasteiger charge is -2.08. The maximum atomic E-state index is 12.1. The number of nitrogens with one attached hydrogen (secondary N) is 1. The monoisotopic (exact) mass is 342 g/mol. The zero-order valence-electron chi connectivity index (χ0n) is 10.4. The summed E-state index contributed by atoms with van der Waals surface area (Å²) in [6, 6.07) is 3.07. The van der Waals surface area contributed by atoms with Gasteiger partial charge in [-0.25, -0.2) is 8.93 Å². The largest absolute Gasteiger partial charge is 0.330 e. The Morgan fingerprint density at radius 1 is 1.05 bits per heavy atom. The average Bonchev–Trinajstić information content (AvgIpc) is 2.32. The molecule has 0 bridgehead atoms. The van der Waals surface area contributed by atoms with Crippen molar-refractivity contribution in [3.8, 4) is 0 Å². The van der Waals surface area contributed by atoms with Crippen molar-refractivity contribution in [3.63, 3.8) is 0 Å². The first-order valence-electron chi connectivity index (χ1n) is 6.06. The average molecular weight is 344 g/mol. The molecule has 3 N–H and O–H groups in total. The molecule has 0 aliphatic rings. The summed E-state index contributed by atoms with van der Waals surface area (Å²) in [5, 5.41) is 1.05. The highest BCUT2D eigenvalue weighted by Crippen LogP contribution is 2.31. The Kier molecular flexibility index (Phi) is 8.30. The highest BCUT2D eigenvalue weighted by Gasteiger charge is 2.14. The first-order chi connectivity index (χ1) is 9.06. The van der Waals surface area contributed by atoms with E-state index in [2.05, 4.69) is 4.72 Å². The van der Waals surface area contributed by atoms with E-state index < -0.39 is 11.0 Å². The molecule has 1 rings (SSSR count). The van der Waals surface area contributed by atoms with Crippen molar-refractivity contribution in [1.82, 2.24) is 4.72 Å². The third-order valence-electron chi connectivity index (χ3n) is 2.51. The first-order valence-corrected chi connectivity index (χ1v) is 8.34. The molecule has 19 heavy (non-hydrogen) atoms. The summed E-state index contributed by atoms with van der Waals surface area (Å²) < 4.78 is 15.0. The van der Waals surface area contributed by atoms with Crippen LogP contribution in [0.25, 0.3) is 0 Å². The predicted octanol–water partition coefficient (Wildman–Crippen LogP) is 3.78. The van der Waals surface area contributed by atoms with Gasteiger partial charge in [0.05, 0.1) is 14.9 Å². The second-order valence-corrected chi connectivity index (χ2v) is 6.55. The molecular formula is C12H17Cl3N2OS. The van der Waals surface area contributed by atoms with Gasteiger partial charge in [-0.1, -0.05) is 47.6 Å². The quantitative estimate of drug-likeness (QED) is 0.706. The maximum Gasteiger partial charge on any atom is 0.127 e. The number of halogens is 3. The second kappa shape index (κ2) is 9.16. The number of rotatable bonds is 8. The second-order valence-electron chi connectivity index (χ2n) is 4.06. The van der Waals surface area contributed by atoms with E-state index in [0.29, 0.717) is 26.5 Å². The van der Waals surface area contributed by atoms with Gasteiger partial charge in [0.1, 0.15) is 11.0 Å². The van der Waals surface area contributed by atoms with Crippen molar-refractivity contribution in [2.24, 2.45) is 5.73 Å². The van der Waals surface area contributed by atoms with Gasteiger partial charge in [0.25, 0.3) is 0 Å². The van der Waals surface area contributed by atoms with Crippen LogP contribution in [0, 0.1) is 0 Å². The summed E-state index contributed by atoms with van der Waals surface area (Å²) in [5.74, 6) is 0. The fourth-order valence-corrected chi connectivity index (χ4v) is 3.75. The van der Waals surface area contributed by atoms with Gasteiger partial charge >= 0.3 is 0 Å². The van der Waals surface area contributed by atoms with Crippen LogP contribution in [-0.4, -0.2) is 17.3 Å². The van der Waals surface area contributed by atoms with Crippen molar-refractivity contribution in [2.75, 3.05) is 13.1 Å². The zero-order chi connectivity index (χ0) is 14.3. The molecule has 1 aromatic carbocycles. The molecule has 0 radical (unpaired) electrons. The van der Waals surface area contributed by atoms with E-state index in [1.54, 1.807) is 0 Å². The summed E-state index contributed by atoms with van der Waals surface area (Å²) in [6.45, 7) is 1.36. The van der Waals surface area contributed by atoms with E-state index in [9.17, 15) is 4.21 Å². The fraction of sp³-hybridized carbons (Fsp3) is 0.500. The lowest BCUT2D eigenvalue weighted by atomic mass is 10.2. The van der Waals surface area contributed by atoms with E-state index in [-0.39, 0.29) is 0 Å². The molecule has 0 aliphatic carbocycles. The van der Waals surface area contributed by atoms with E-state index in [1.807, 2.05) is 0 Å². The number of unbranched alkanes of at least 4 members (excludes halogenated alkanes) is 3. The van der Waals surface area contributed by atoms with Gasteiger partial charge in [-0.05, 0) is 31.5 Å². The van der Waals surface area contributed by atoms with Gasteiger partial charge in [0.2, 0.25) is 0 Å². The van der Waals surface area contributed by atoms with Crippen LogP contribution in [0.1, 0.15) is 25.7 Å². The van der Waals surface area contributed by atoms with Crippen molar-refractivity contribution < 1.29 is 4.21 Å². The lowest BCUT2D eigenvalue weighted by Crippen LogP contribution is -2.19. The lowest BCUT2D eigenvalue weighted by molar-refractivity contribution is 0.630. The third-order valence-corrected chi connectivity index (χ3v) is 4.83. The van der Waals surface area contributed by atoms with E-state index in [4.69, 9.17) is 40.5 Å².